The molecule has 6 heteroatoms. The van der Waals surface area contributed by atoms with Gasteiger partial charge in [0.2, 0.25) is 12.3 Å². The number of carbonyl (C=O) groups is 2. The minimum atomic E-state index is 0.111. The topological polar surface area (TPSA) is 58.4 Å². The Bertz CT molecular complexity index is 758. The number of piperazine rings is 1. The van der Waals surface area contributed by atoms with E-state index in [1.807, 2.05) is 30.1 Å². The van der Waals surface area contributed by atoms with Crippen molar-refractivity contribution in [3.63, 3.8) is 0 Å². The average molecular weight is 328 g/mol. The van der Waals surface area contributed by atoms with Crippen LogP contribution in [-0.4, -0.2) is 57.8 Å². The number of amides is 2. The van der Waals surface area contributed by atoms with Gasteiger partial charge in [-0.15, -0.1) is 0 Å². The summed E-state index contributed by atoms with van der Waals surface area (Å²) in [6.07, 6.45) is 1.23. The number of nitrogens with zero attached hydrogens (tertiary/aromatic N) is 4. The van der Waals surface area contributed by atoms with Gasteiger partial charge in [-0.1, -0.05) is 19.9 Å². The van der Waals surface area contributed by atoms with Gasteiger partial charge in [-0.05, 0) is 17.7 Å². The third kappa shape index (κ3) is 3.13. The molecule has 0 N–H and O–H groups in total. The molecule has 1 fully saturated rings. The number of aromatic nitrogens is 2. The van der Waals surface area contributed by atoms with Crippen molar-refractivity contribution >= 4 is 23.4 Å². The number of fused-ring (bicyclic) bond motifs is 1. The fourth-order valence-electron chi connectivity index (χ4n) is 3.25. The molecule has 0 saturated carbocycles. The van der Waals surface area contributed by atoms with E-state index in [4.69, 9.17) is 4.98 Å². The second-order valence-corrected chi connectivity index (χ2v) is 6.71. The van der Waals surface area contributed by atoms with Crippen LogP contribution in [0.5, 0.6) is 0 Å². The average Bonchev–Trinajstić information content (AvgIpc) is 2.91. The van der Waals surface area contributed by atoms with Gasteiger partial charge >= 0.3 is 0 Å². The minimum absolute atomic E-state index is 0.111. The van der Waals surface area contributed by atoms with Crippen LogP contribution in [-0.2, 0) is 23.1 Å². The predicted molar refractivity (Wildman–Crippen MR) is 92.7 cm³/mol. The number of imidazole rings is 1. The fourth-order valence-corrected chi connectivity index (χ4v) is 3.25. The lowest BCUT2D eigenvalue weighted by Crippen LogP contribution is -2.48. The van der Waals surface area contributed by atoms with Crippen molar-refractivity contribution in [3.05, 3.63) is 29.6 Å². The zero-order valence-electron chi connectivity index (χ0n) is 14.5. The van der Waals surface area contributed by atoms with Crippen LogP contribution in [0.3, 0.4) is 0 Å². The summed E-state index contributed by atoms with van der Waals surface area (Å²) in [5.74, 6) is 1.53. The van der Waals surface area contributed by atoms with Gasteiger partial charge < -0.3 is 14.4 Å². The number of hydrogen-bond donors (Lipinski definition) is 0. The first-order chi connectivity index (χ1) is 11.5. The highest BCUT2D eigenvalue weighted by atomic mass is 16.2. The smallest absolute Gasteiger partial charge is 0.227 e. The van der Waals surface area contributed by atoms with E-state index in [1.54, 1.807) is 4.90 Å². The number of aryl methyl sites for hydroxylation is 1. The summed E-state index contributed by atoms with van der Waals surface area (Å²) in [7, 11) is 2.03. The van der Waals surface area contributed by atoms with Crippen molar-refractivity contribution in [1.82, 2.24) is 19.4 Å². The Labute approximate surface area is 142 Å². The van der Waals surface area contributed by atoms with Crippen molar-refractivity contribution in [2.24, 2.45) is 7.05 Å². The highest BCUT2D eigenvalue weighted by Crippen LogP contribution is 2.22. The van der Waals surface area contributed by atoms with Crippen LogP contribution in [0.15, 0.2) is 18.2 Å². The Kier molecular flexibility index (Phi) is 4.55. The molecule has 6 nitrogen and oxygen atoms in total. The van der Waals surface area contributed by atoms with E-state index >= 15 is 0 Å². The number of rotatable bonds is 4. The number of benzene rings is 1. The monoisotopic (exact) mass is 328 g/mol. The van der Waals surface area contributed by atoms with Gasteiger partial charge in [-0.2, -0.15) is 0 Å². The predicted octanol–water partition coefficient (Wildman–Crippen LogP) is 1.54. The first-order valence-electron chi connectivity index (χ1n) is 8.42. The van der Waals surface area contributed by atoms with E-state index in [0.717, 1.165) is 28.8 Å². The van der Waals surface area contributed by atoms with Crippen molar-refractivity contribution in [3.8, 4) is 0 Å². The fraction of sp³-hybridized carbons (Fsp3) is 0.500. The van der Waals surface area contributed by atoms with Gasteiger partial charge in [0, 0.05) is 39.1 Å². The normalized spacial score (nSPS) is 15.3. The lowest BCUT2D eigenvalue weighted by atomic mass is 10.1. The summed E-state index contributed by atoms with van der Waals surface area (Å²) in [4.78, 5) is 31.5. The lowest BCUT2D eigenvalue weighted by molar-refractivity contribution is -0.134. The van der Waals surface area contributed by atoms with E-state index in [0.29, 0.717) is 38.5 Å². The largest absolute Gasteiger partial charge is 0.342 e. The first-order valence-corrected chi connectivity index (χ1v) is 8.42. The molecule has 3 rings (SSSR count). The summed E-state index contributed by atoms with van der Waals surface area (Å²) in [6, 6.07) is 6.07. The highest BCUT2D eigenvalue weighted by molar-refractivity contribution is 5.82. The van der Waals surface area contributed by atoms with Crippen LogP contribution in [0.1, 0.15) is 31.2 Å². The molecule has 0 atom stereocenters. The highest BCUT2D eigenvalue weighted by Gasteiger charge is 2.20. The third-order valence-corrected chi connectivity index (χ3v) is 4.67. The molecule has 1 aromatic heterocycles. The van der Waals surface area contributed by atoms with Crippen LogP contribution in [0.4, 0.5) is 0 Å². The van der Waals surface area contributed by atoms with Crippen molar-refractivity contribution < 1.29 is 9.59 Å². The van der Waals surface area contributed by atoms with Crippen LogP contribution in [0, 0.1) is 0 Å². The molecule has 24 heavy (non-hydrogen) atoms. The molecular weight excluding hydrogens is 304 g/mol. The molecule has 1 aliphatic rings. The number of carbonyl (C=O) groups excluding carboxylic acids is 2. The second-order valence-electron chi connectivity index (χ2n) is 6.71. The van der Waals surface area contributed by atoms with Gasteiger partial charge in [-0.3, -0.25) is 9.59 Å². The minimum Gasteiger partial charge on any atom is -0.342 e. The second kappa shape index (κ2) is 6.63. The van der Waals surface area contributed by atoms with E-state index < -0.39 is 0 Å². The molecule has 2 aromatic rings. The van der Waals surface area contributed by atoms with Crippen LogP contribution in [0.25, 0.3) is 11.0 Å². The molecule has 0 spiro atoms. The zero-order valence-corrected chi connectivity index (χ0v) is 14.5. The molecule has 1 aromatic carbocycles. The first kappa shape index (κ1) is 16.5. The van der Waals surface area contributed by atoms with E-state index in [2.05, 4.69) is 18.4 Å². The Balaban J connectivity index is 1.73. The Morgan fingerprint density at radius 2 is 1.96 bits per heavy atom. The standard InChI is InChI=1S/C18H24N4O2/c1-13(2)18-19-15-10-14(4-5-16(15)20(18)3)11-17(24)22-8-6-21(12-23)7-9-22/h4-5,10,12-13H,6-9,11H2,1-3H3. The molecule has 2 heterocycles. The molecule has 1 saturated heterocycles. The van der Waals surface area contributed by atoms with Crippen LogP contribution < -0.4 is 0 Å². The van der Waals surface area contributed by atoms with Crippen molar-refractivity contribution in [1.29, 1.82) is 0 Å². The summed E-state index contributed by atoms with van der Waals surface area (Å²) in [5, 5.41) is 0. The molecule has 2 amide bonds. The Morgan fingerprint density at radius 1 is 1.25 bits per heavy atom. The van der Waals surface area contributed by atoms with Crippen LogP contribution in [0.2, 0.25) is 0 Å². The summed E-state index contributed by atoms with van der Waals surface area (Å²) >= 11 is 0. The SMILES string of the molecule is CC(C)c1nc2cc(CC(=O)N3CCN(C=O)CC3)ccc2n1C. The van der Waals surface area contributed by atoms with Gasteiger partial charge in [0.25, 0.3) is 0 Å². The quantitative estimate of drug-likeness (QED) is 0.800. The zero-order chi connectivity index (χ0) is 17.3. The maximum Gasteiger partial charge on any atom is 0.227 e. The lowest BCUT2D eigenvalue weighted by Gasteiger charge is -2.32. The molecule has 0 bridgehead atoms. The van der Waals surface area contributed by atoms with Crippen LogP contribution >= 0.6 is 0 Å². The van der Waals surface area contributed by atoms with E-state index in [-0.39, 0.29) is 5.91 Å². The molecule has 0 unspecified atom stereocenters. The summed E-state index contributed by atoms with van der Waals surface area (Å²) in [5.41, 5.74) is 3.02. The summed E-state index contributed by atoms with van der Waals surface area (Å²) in [6.45, 7) is 6.72. The molecule has 0 radical (unpaired) electrons. The van der Waals surface area contributed by atoms with Gasteiger partial charge in [0.05, 0.1) is 17.5 Å². The Hall–Kier alpha value is -2.37. The van der Waals surface area contributed by atoms with Gasteiger partial charge in [-0.25, -0.2) is 4.98 Å². The van der Waals surface area contributed by atoms with Crippen molar-refractivity contribution in [2.45, 2.75) is 26.2 Å². The van der Waals surface area contributed by atoms with Gasteiger partial charge in [0.15, 0.2) is 0 Å². The van der Waals surface area contributed by atoms with Gasteiger partial charge in [0.1, 0.15) is 5.82 Å². The third-order valence-electron chi connectivity index (χ3n) is 4.67. The molecular formula is C18H24N4O2. The molecule has 128 valence electrons. The van der Waals surface area contributed by atoms with Crippen molar-refractivity contribution in [2.75, 3.05) is 26.2 Å². The maximum atomic E-state index is 12.5. The maximum absolute atomic E-state index is 12.5. The molecule has 0 aliphatic carbocycles. The Morgan fingerprint density at radius 3 is 2.58 bits per heavy atom. The molecule has 1 aliphatic heterocycles. The van der Waals surface area contributed by atoms with E-state index in [1.165, 1.54) is 0 Å². The summed E-state index contributed by atoms with van der Waals surface area (Å²) < 4.78 is 2.12. The number of hydrogen-bond acceptors (Lipinski definition) is 3. The van der Waals surface area contributed by atoms with E-state index in [9.17, 15) is 9.59 Å².